The molecule has 0 aliphatic heterocycles. The molecule has 5 nitrogen and oxygen atoms in total. The van der Waals surface area contributed by atoms with Crippen LogP contribution in [0.25, 0.3) is 0 Å². The van der Waals surface area contributed by atoms with Gasteiger partial charge in [0, 0.05) is 12.6 Å². The molecule has 0 rings (SSSR count). The summed E-state index contributed by atoms with van der Waals surface area (Å²) < 4.78 is 11.0. The number of aliphatic hydroxyl groups is 1. The van der Waals surface area contributed by atoms with Crippen LogP contribution < -0.4 is 5.32 Å². The number of amides is 1. The summed E-state index contributed by atoms with van der Waals surface area (Å²) in [4.78, 5) is 11.9. The van der Waals surface area contributed by atoms with Crippen molar-refractivity contribution >= 4 is 5.91 Å². The molecule has 0 aromatic carbocycles. The van der Waals surface area contributed by atoms with E-state index in [1.54, 1.807) is 38.2 Å². The summed E-state index contributed by atoms with van der Waals surface area (Å²) in [5.74, 6) is 0.733. The van der Waals surface area contributed by atoms with Crippen LogP contribution >= 0.6 is 0 Å². The molecule has 26 heavy (non-hydrogen) atoms. The summed E-state index contributed by atoms with van der Waals surface area (Å²) >= 11 is 0. The van der Waals surface area contributed by atoms with Crippen LogP contribution in [0.4, 0.5) is 0 Å². The molecule has 0 radical (unpaired) electrons. The maximum atomic E-state index is 11.9. The van der Waals surface area contributed by atoms with E-state index >= 15 is 0 Å². The first-order valence-corrected chi connectivity index (χ1v) is 8.42. The van der Waals surface area contributed by atoms with E-state index in [9.17, 15) is 9.90 Å². The third-order valence-corrected chi connectivity index (χ3v) is 2.90. The molecule has 0 aliphatic carbocycles. The lowest BCUT2D eigenvalue weighted by molar-refractivity contribution is -0.116. The molecule has 0 aliphatic rings. The van der Waals surface area contributed by atoms with Gasteiger partial charge in [-0.3, -0.25) is 4.79 Å². The Balaban J connectivity index is 4.43. The highest BCUT2D eigenvalue weighted by Gasteiger charge is 2.13. The molecule has 5 heteroatoms. The summed E-state index contributed by atoms with van der Waals surface area (Å²) in [5.41, 5.74) is 0.0857. The third-order valence-electron chi connectivity index (χ3n) is 2.90. The molecule has 0 aromatic heterocycles. The first-order valence-electron chi connectivity index (χ1n) is 8.42. The molecule has 0 bridgehead atoms. The number of hydrogen-bond acceptors (Lipinski definition) is 4. The summed E-state index contributed by atoms with van der Waals surface area (Å²) in [7, 11) is 0. The van der Waals surface area contributed by atoms with Gasteiger partial charge < -0.3 is 19.9 Å². The minimum atomic E-state index is -0.901. The third kappa shape index (κ3) is 12.8. The van der Waals surface area contributed by atoms with Gasteiger partial charge in [-0.25, -0.2) is 0 Å². The zero-order chi connectivity index (χ0) is 20.0. The average Bonchev–Trinajstić information content (AvgIpc) is 2.57. The van der Waals surface area contributed by atoms with Crippen molar-refractivity contribution in [3.8, 4) is 0 Å². The van der Waals surface area contributed by atoms with Gasteiger partial charge in [0.25, 0.3) is 0 Å². The van der Waals surface area contributed by atoms with E-state index in [1.807, 2.05) is 19.9 Å². The second kappa shape index (κ2) is 12.8. The summed E-state index contributed by atoms with van der Waals surface area (Å²) in [6.45, 7) is 15.2. The van der Waals surface area contributed by atoms with Crippen LogP contribution in [0.1, 0.15) is 27.7 Å². The summed E-state index contributed by atoms with van der Waals surface area (Å²) in [6, 6.07) is 0. The number of carbonyl (C=O) groups excluding carboxylic acids is 1. The van der Waals surface area contributed by atoms with Crippen LogP contribution in [0.3, 0.4) is 0 Å². The van der Waals surface area contributed by atoms with E-state index in [1.165, 1.54) is 12.2 Å². The summed E-state index contributed by atoms with van der Waals surface area (Å²) in [5, 5.41) is 12.4. The summed E-state index contributed by atoms with van der Waals surface area (Å²) in [6.07, 6.45) is 11.6. The second-order valence-electron chi connectivity index (χ2n) is 6.23. The van der Waals surface area contributed by atoms with Gasteiger partial charge in [-0.15, -0.1) is 0 Å². The minimum absolute atomic E-state index is 0.186. The van der Waals surface area contributed by atoms with E-state index < -0.39 is 5.60 Å². The molecule has 0 fully saturated rings. The van der Waals surface area contributed by atoms with Crippen molar-refractivity contribution in [2.24, 2.45) is 0 Å². The van der Waals surface area contributed by atoms with Crippen molar-refractivity contribution in [2.75, 3.05) is 19.8 Å². The van der Waals surface area contributed by atoms with Crippen LogP contribution in [0.5, 0.6) is 0 Å². The van der Waals surface area contributed by atoms with E-state index in [-0.39, 0.29) is 12.5 Å². The second-order valence-corrected chi connectivity index (χ2v) is 6.23. The van der Waals surface area contributed by atoms with Crippen LogP contribution in [0.15, 0.2) is 72.8 Å². The molecular formula is C21H31NO4. The minimum Gasteiger partial charge on any atom is -0.491 e. The molecule has 1 amide bonds. The Kier molecular flexibility index (Phi) is 11.5. The average molecular weight is 361 g/mol. The predicted octanol–water partition coefficient (Wildman–Crippen LogP) is 3.57. The van der Waals surface area contributed by atoms with Crippen molar-refractivity contribution in [3.63, 3.8) is 0 Å². The number of carbonyl (C=O) groups is 1. The van der Waals surface area contributed by atoms with Gasteiger partial charge in [-0.1, -0.05) is 31.4 Å². The zero-order valence-electron chi connectivity index (χ0n) is 16.2. The number of nitrogens with one attached hydrogen (secondary N) is 1. The van der Waals surface area contributed by atoms with Crippen molar-refractivity contribution in [1.82, 2.24) is 5.32 Å². The Morgan fingerprint density at radius 2 is 1.92 bits per heavy atom. The molecule has 0 saturated carbocycles. The number of allylic oxidation sites excluding steroid dienone is 5. The van der Waals surface area contributed by atoms with E-state index in [4.69, 9.17) is 9.47 Å². The van der Waals surface area contributed by atoms with Crippen LogP contribution in [0.2, 0.25) is 0 Å². The maximum Gasteiger partial charge on any atom is 0.247 e. The van der Waals surface area contributed by atoms with Crippen molar-refractivity contribution in [3.05, 3.63) is 72.8 Å². The van der Waals surface area contributed by atoms with E-state index in [2.05, 4.69) is 18.5 Å². The van der Waals surface area contributed by atoms with E-state index in [0.717, 1.165) is 5.57 Å². The molecule has 0 heterocycles. The van der Waals surface area contributed by atoms with Crippen LogP contribution in [-0.2, 0) is 14.3 Å². The maximum absolute atomic E-state index is 11.9. The molecular weight excluding hydrogens is 330 g/mol. The number of ether oxygens (including phenoxy) is 2. The van der Waals surface area contributed by atoms with Gasteiger partial charge in [-0.2, -0.15) is 0 Å². The Bertz CT molecular complexity index is 590. The Labute approximate surface area is 157 Å². The lowest BCUT2D eigenvalue weighted by atomic mass is 10.2. The molecule has 144 valence electrons. The van der Waals surface area contributed by atoms with Gasteiger partial charge in [-0.05, 0) is 51.5 Å². The highest BCUT2D eigenvalue weighted by molar-refractivity contribution is 5.88. The fourth-order valence-electron chi connectivity index (χ4n) is 1.61. The van der Waals surface area contributed by atoms with Crippen LogP contribution in [0, 0.1) is 0 Å². The SMILES string of the molecule is C=C/C=C(\C)CO/C(C=C)=C/C(=O)NC/C=C\C(=C/C)OCC(C)(C)O. The molecule has 0 saturated heterocycles. The highest BCUT2D eigenvalue weighted by atomic mass is 16.5. The number of hydrogen-bond donors (Lipinski definition) is 2. The predicted molar refractivity (Wildman–Crippen MR) is 106 cm³/mol. The first kappa shape index (κ1) is 23.5. The lowest BCUT2D eigenvalue weighted by Crippen LogP contribution is -2.25. The molecule has 0 unspecified atom stereocenters. The first-order chi connectivity index (χ1) is 12.2. The van der Waals surface area contributed by atoms with Crippen molar-refractivity contribution < 1.29 is 19.4 Å². The quantitative estimate of drug-likeness (QED) is 0.317. The standard InChI is InChI=1S/C21H31NO4/c1-7-11-17(4)15-25-19(9-3)14-20(23)22-13-10-12-18(8-2)26-16-21(5,6)24/h7-12,14,24H,1,3,13,15-16H2,2,4-6H3,(H,22,23)/b12-10-,17-11+,18-8+,19-14+. The Morgan fingerprint density at radius 3 is 2.46 bits per heavy atom. The van der Waals surface area contributed by atoms with Gasteiger partial charge in [0.2, 0.25) is 5.91 Å². The molecule has 2 N–H and O–H groups in total. The fraction of sp³-hybridized carbons (Fsp3) is 0.381. The zero-order valence-corrected chi connectivity index (χ0v) is 16.2. The Morgan fingerprint density at radius 1 is 1.23 bits per heavy atom. The van der Waals surface area contributed by atoms with Gasteiger partial charge in [0.05, 0.1) is 5.60 Å². The van der Waals surface area contributed by atoms with E-state index in [0.29, 0.717) is 24.7 Å². The number of rotatable bonds is 12. The normalized spacial score (nSPS) is 13.5. The molecule has 0 spiro atoms. The van der Waals surface area contributed by atoms with Crippen molar-refractivity contribution in [1.29, 1.82) is 0 Å². The molecule has 0 atom stereocenters. The van der Waals surface area contributed by atoms with Gasteiger partial charge >= 0.3 is 0 Å². The topological polar surface area (TPSA) is 67.8 Å². The van der Waals surface area contributed by atoms with Gasteiger partial charge in [0.15, 0.2) is 0 Å². The highest BCUT2D eigenvalue weighted by Crippen LogP contribution is 2.07. The lowest BCUT2D eigenvalue weighted by Gasteiger charge is -2.18. The van der Waals surface area contributed by atoms with Gasteiger partial charge in [0.1, 0.15) is 24.7 Å². The Hall–Kier alpha value is -2.53. The monoisotopic (exact) mass is 361 g/mol. The van der Waals surface area contributed by atoms with Crippen molar-refractivity contribution in [2.45, 2.75) is 33.3 Å². The largest absolute Gasteiger partial charge is 0.491 e. The van der Waals surface area contributed by atoms with Crippen LogP contribution in [-0.4, -0.2) is 36.4 Å². The smallest absolute Gasteiger partial charge is 0.247 e. The fourth-order valence-corrected chi connectivity index (χ4v) is 1.61. The molecule has 0 aromatic rings.